The SMILES string of the molecule is CCCCCCC/C=C/CC/C=C/CC/C=C/C(O)C(COC1OC(CO)C(OC2OC(CO)C(OC3OC(CO)C(O)C(O)C3O)C(O)C2O)C(O)C1O)NC(=O)CCCCCCCCCCCCCCCCCCCCCCCCCCCCCCCCCCCCCCCCCC. The van der Waals surface area contributed by atoms with Gasteiger partial charge in [-0.05, 0) is 44.9 Å². The third kappa shape index (κ3) is 41.8. The van der Waals surface area contributed by atoms with Gasteiger partial charge in [-0.25, -0.2) is 0 Å². The highest BCUT2D eigenvalue weighted by Crippen LogP contribution is 2.33. The van der Waals surface area contributed by atoms with Crippen LogP contribution >= 0.6 is 0 Å². The molecule has 100 heavy (non-hydrogen) atoms. The molecule has 3 aliphatic rings. The zero-order valence-corrected chi connectivity index (χ0v) is 62.9. The minimum atomic E-state index is -1.98. The van der Waals surface area contributed by atoms with Gasteiger partial charge in [0.1, 0.15) is 73.2 Å². The molecular weight excluding hydrogens is 1270 g/mol. The number of ether oxygens (including phenoxy) is 6. The van der Waals surface area contributed by atoms with Crippen LogP contribution in [0.25, 0.3) is 0 Å². The number of amides is 1. The van der Waals surface area contributed by atoms with E-state index >= 15 is 0 Å². The summed E-state index contributed by atoms with van der Waals surface area (Å²) in [7, 11) is 0. The van der Waals surface area contributed by atoms with Crippen LogP contribution in [0.4, 0.5) is 0 Å². The fourth-order valence-electron chi connectivity index (χ4n) is 14.1. The smallest absolute Gasteiger partial charge is 0.220 e. The Labute approximate surface area is 606 Å². The number of carbonyl (C=O) groups excluding carboxylic acids is 1. The molecule has 17 atom stereocenters. The predicted molar refractivity (Wildman–Crippen MR) is 397 cm³/mol. The second-order valence-electron chi connectivity index (χ2n) is 29.6. The average Bonchev–Trinajstić information content (AvgIpc) is 0.783. The van der Waals surface area contributed by atoms with Gasteiger partial charge >= 0.3 is 0 Å². The fourth-order valence-corrected chi connectivity index (χ4v) is 14.1. The Kier molecular flexibility index (Phi) is 57.3. The molecule has 19 nitrogen and oxygen atoms in total. The van der Waals surface area contributed by atoms with Crippen molar-refractivity contribution in [2.75, 3.05) is 26.4 Å². The molecule has 12 N–H and O–H groups in total. The summed E-state index contributed by atoms with van der Waals surface area (Å²) in [5, 5.41) is 121. The number of carbonyl (C=O) groups is 1. The van der Waals surface area contributed by atoms with Gasteiger partial charge in [-0.3, -0.25) is 4.79 Å². The van der Waals surface area contributed by atoms with E-state index in [9.17, 15) is 61.0 Å². The molecule has 17 unspecified atom stereocenters. The van der Waals surface area contributed by atoms with Crippen LogP contribution < -0.4 is 5.32 Å². The summed E-state index contributed by atoms with van der Waals surface area (Å²) in [5.74, 6) is -0.284. The summed E-state index contributed by atoms with van der Waals surface area (Å²) in [6.45, 7) is 1.73. The molecular formula is C81H151NO18. The Morgan fingerprint density at radius 3 is 1.00 bits per heavy atom. The molecule has 1 amide bonds. The normalized spacial score (nSPS) is 26.6. The Morgan fingerprint density at radius 1 is 0.350 bits per heavy atom. The largest absolute Gasteiger partial charge is 0.394 e. The van der Waals surface area contributed by atoms with Gasteiger partial charge in [0.2, 0.25) is 5.91 Å². The first-order chi connectivity index (χ1) is 48.8. The van der Waals surface area contributed by atoms with Gasteiger partial charge in [0, 0.05) is 6.42 Å². The van der Waals surface area contributed by atoms with Crippen LogP contribution in [0.2, 0.25) is 0 Å². The first-order valence-electron chi connectivity index (χ1n) is 41.2. The van der Waals surface area contributed by atoms with Crippen LogP contribution in [-0.2, 0) is 33.2 Å². The number of aliphatic hydroxyl groups excluding tert-OH is 11. The Hall–Kier alpha value is -1.99. The van der Waals surface area contributed by atoms with Crippen molar-refractivity contribution in [3.8, 4) is 0 Å². The molecule has 0 aromatic heterocycles. The molecule has 0 spiro atoms. The van der Waals surface area contributed by atoms with Crippen LogP contribution in [0.1, 0.15) is 341 Å². The van der Waals surface area contributed by atoms with Crippen molar-refractivity contribution < 1.29 is 89.4 Å². The van der Waals surface area contributed by atoms with Crippen molar-refractivity contribution >= 4 is 5.91 Å². The second kappa shape index (κ2) is 62.1. The molecule has 0 radical (unpaired) electrons. The number of hydrogen-bond donors (Lipinski definition) is 12. The highest BCUT2D eigenvalue weighted by atomic mass is 16.8. The lowest BCUT2D eigenvalue weighted by molar-refractivity contribution is -0.379. The van der Waals surface area contributed by atoms with Gasteiger partial charge in [0.05, 0.1) is 38.6 Å². The molecule has 3 heterocycles. The second-order valence-corrected chi connectivity index (χ2v) is 29.6. The first kappa shape index (κ1) is 92.2. The predicted octanol–water partition coefficient (Wildman–Crippen LogP) is 13.9. The van der Waals surface area contributed by atoms with Gasteiger partial charge in [0.25, 0.3) is 0 Å². The Morgan fingerprint density at radius 2 is 0.640 bits per heavy atom. The van der Waals surface area contributed by atoms with Gasteiger partial charge in [0.15, 0.2) is 18.9 Å². The lowest BCUT2D eigenvalue weighted by Gasteiger charge is -2.48. The average molecular weight is 1430 g/mol. The minimum Gasteiger partial charge on any atom is -0.394 e. The van der Waals surface area contributed by atoms with Crippen molar-refractivity contribution in [3.63, 3.8) is 0 Å². The summed E-state index contributed by atoms with van der Waals surface area (Å²) in [6.07, 6.45) is 50.5. The van der Waals surface area contributed by atoms with Crippen molar-refractivity contribution in [3.05, 3.63) is 36.5 Å². The van der Waals surface area contributed by atoms with E-state index < -0.39 is 124 Å². The topological polar surface area (TPSA) is 307 Å². The molecule has 3 fully saturated rings. The third-order valence-electron chi connectivity index (χ3n) is 20.7. The van der Waals surface area contributed by atoms with Crippen LogP contribution in [-0.4, -0.2) is 193 Å². The van der Waals surface area contributed by atoms with Crippen molar-refractivity contribution in [1.82, 2.24) is 5.32 Å². The van der Waals surface area contributed by atoms with Gasteiger partial charge in [-0.2, -0.15) is 0 Å². The zero-order valence-electron chi connectivity index (χ0n) is 62.9. The zero-order chi connectivity index (χ0) is 72.5. The van der Waals surface area contributed by atoms with E-state index in [0.29, 0.717) is 12.8 Å². The van der Waals surface area contributed by atoms with Crippen LogP contribution in [0.5, 0.6) is 0 Å². The molecule has 3 aliphatic heterocycles. The molecule has 0 aromatic carbocycles. The summed E-state index contributed by atoms with van der Waals surface area (Å²) in [6, 6.07) is -0.995. The summed E-state index contributed by atoms with van der Waals surface area (Å²) >= 11 is 0. The summed E-state index contributed by atoms with van der Waals surface area (Å²) < 4.78 is 34.4. The Balaban J connectivity index is 1.28. The molecule has 3 saturated heterocycles. The molecule has 0 aromatic rings. The van der Waals surface area contributed by atoms with E-state index in [1.807, 2.05) is 6.08 Å². The highest BCUT2D eigenvalue weighted by Gasteiger charge is 2.54. The standard InChI is InChI=1S/C81H151NO18/c1-3-5-7-9-11-13-15-17-19-20-21-22-23-24-25-26-27-28-29-30-31-32-33-34-35-36-37-38-39-40-41-42-43-45-47-49-51-53-55-57-59-69(87)82-64(65(86)58-56-54-52-50-48-46-44-18-16-14-12-10-8-6-4-2)63-95-79-75(93)72(90)77(67(61-84)97-79)100-81-76(94)73(91)78(68(62-85)98-81)99-80-74(92)71(89)70(88)66(60-83)96-80/h16,18,48,50,56,58,64-68,70-81,83-86,88-94H,3-15,17,19-47,49,51-55,57,59-63H2,1-2H3,(H,82,87)/b18-16+,50-48+,58-56+. The number of allylic oxidation sites excluding steroid dienone is 5. The maximum absolute atomic E-state index is 13.4. The van der Waals surface area contributed by atoms with Crippen LogP contribution in [0.15, 0.2) is 36.5 Å². The third-order valence-corrected chi connectivity index (χ3v) is 20.7. The molecule has 588 valence electrons. The van der Waals surface area contributed by atoms with E-state index in [2.05, 4.69) is 43.5 Å². The van der Waals surface area contributed by atoms with Crippen LogP contribution in [0.3, 0.4) is 0 Å². The number of nitrogens with one attached hydrogen (secondary N) is 1. The fraction of sp³-hybridized carbons (Fsp3) is 0.914. The van der Waals surface area contributed by atoms with Gasteiger partial charge in [-0.1, -0.05) is 326 Å². The molecule has 3 rings (SSSR count). The molecule has 0 saturated carbocycles. The summed E-state index contributed by atoms with van der Waals surface area (Å²) in [4.78, 5) is 13.4. The number of aliphatic hydroxyl groups is 11. The number of hydrogen-bond acceptors (Lipinski definition) is 18. The quantitative estimate of drug-likeness (QED) is 0.0199. The van der Waals surface area contributed by atoms with Crippen molar-refractivity contribution in [1.29, 1.82) is 0 Å². The minimum absolute atomic E-state index is 0.236. The summed E-state index contributed by atoms with van der Waals surface area (Å²) in [5.41, 5.74) is 0. The van der Waals surface area contributed by atoms with E-state index in [-0.39, 0.29) is 18.9 Å². The lowest BCUT2D eigenvalue weighted by Crippen LogP contribution is -2.66. The van der Waals surface area contributed by atoms with Crippen molar-refractivity contribution in [2.45, 2.75) is 446 Å². The van der Waals surface area contributed by atoms with Gasteiger partial charge < -0.3 is 89.9 Å². The lowest BCUT2D eigenvalue weighted by atomic mass is 9.96. The van der Waals surface area contributed by atoms with Gasteiger partial charge in [-0.15, -0.1) is 0 Å². The van der Waals surface area contributed by atoms with E-state index in [4.69, 9.17) is 28.4 Å². The van der Waals surface area contributed by atoms with Crippen LogP contribution in [0, 0.1) is 0 Å². The van der Waals surface area contributed by atoms with Crippen molar-refractivity contribution in [2.24, 2.45) is 0 Å². The molecule has 0 aliphatic carbocycles. The maximum atomic E-state index is 13.4. The highest BCUT2D eigenvalue weighted by molar-refractivity contribution is 5.76. The monoisotopic (exact) mass is 1430 g/mol. The first-order valence-corrected chi connectivity index (χ1v) is 41.2. The number of rotatable bonds is 66. The molecule has 0 bridgehead atoms. The van der Waals surface area contributed by atoms with E-state index in [0.717, 1.165) is 44.9 Å². The van der Waals surface area contributed by atoms with E-state index in [1.54, 1.807) is 6.08 Å². The van der Waals surface area contributed by atoms with E-state index in [1.165, 1.54) is 263 Å². The Bertz CT molecular complexity index is 1950. The maximum Gasteiger partial charge on any atom is 0.220 e. The number of unbranched alkanes of at least 4 members (excludes halogenated alkanes) is 46. The molecule has 19 heteroatoms.